The minimum atomic E-state index is -3.30. The Morgan fingerprint density at radius 2 is 0.698 bits per heavy atom. The molecule has 0 aromatic heterocycles. The summed E-state index contributed by atoms with van der Waals surface area (Å²) >= 11 is 0. The van der Waals surface area contributed by atoms with E-state index in [0.717, 1.165) is 0 Å². The van der Waals surface area contributed by atoms with Crippen molar-refractivity contribution in [2.75, 3.05) is 0 Å². The normalized spacial score (nSPS) is 12.4. The lowest BCUT2D eigenvalue weighted by Gasteiger charge is -2.39. The van der Waals surface area contributed by atoms with Crippen LogP contribution in [0.25, 0.3) is 0 Å². The van der Waals surface area contributed by atoms with Gasteiger partial charge in [0.25, 0.3) is 0 Å². The van der Waals surface area contributed by atoms with E-state index in [9.17, 15) is 24.5 Å². The van der Waals surface area contributed by atoms with Gasteiger partial charge in [0.1, 0.15) is 34.1 Å². The smallest absolute Gasteiger partial charge is 0.428 e. The molecule has 0 atom stereocenters. The van der Waals surface area contributed by atoms with Gasteiger partial charge in [0.05, 0.1) is 0 Å². The molecule has 14 heteroatoms. The molecule has 0 spiro atoms. The van der Waals surface area contributed by atoms with Gasteiger partial charge in [-0.3, -0.25) is 0 Å². The zero-order valence-electron chi connectivity index (χ0n) is 33.2. The molecule has 0 amide bonds. The molecule has 0 saturated heterocycles. The Labute approximate surface area is 312 Å². The molecule has 3 rings (SSSR count). The maximum Gasteiger partial charge on any atom is 0.514 e. The topological polar surface area (TPSA) is 159 Å². The Balaban J connectivity index is 2.38. The fourth-order valence-corrected chi connectivity index (χ4v) is 8.72. The maximum atomic E-state index is 12.7. The molecule has 0 N–H and O–H groups in total. The number of ether oxygens (including phenoxy) is 6. The molecular formula is C39H51NO12S. The summed E-state index contributed by atoms with van der Waals surface area (Å²) in [6.45, 7) is 25.6. The summed E-state index contributed by atoms with van der Waals surface area (Å²) in [4.78, 5) is 51.8. The zero-order valence-corrected chi connectivity index (χ0v) is 34.0. The number of carbonyl (C=O) groups excluding carboxylic acids is 3. The molecule has 0 aliphatic carbocycles. The maximum absolute atomic E-state index is 12.7. The van der Waals surface area contributed by atoms with Crippen molar-refractivity contribution in [3.05, 3.63) is 79.9 Å². The summed E-state index contributed by atoms with van der Waals surface area (Å²) < 4.78 is 38.8. The molecule has 0 bridgehead atoms. The number of carbonyl (C=O) groups is 3. The van der Waals surface area contributed by atoms with E-state index in [-0.39, 0.29) is 17.2 Å². The number of rotatable bonds is 8. The van der Waals surface area contributed by atoms with Crippen molar-refractivity contribution in [1.82, 2.24) is 0 Å². The predicted octanol–water partition coefficient (Wildman–Crippen LogP) is 10.9. The molecule has 290 valence electrons. The van der Waals surface area contributed by atoms with Crippen LogP contribution in [-0.2, 0) is 18.5 Å². The van der Waals surface area contributed by atoms with Gasteiger partial charge >= 0.3 is 23.6 Å². The van der Waals surface area contributed by atoms with Crippen molar-refractivity contribution < 1.29 is 52.2 Å². The van der Waals surface area contributed by atoms with Gasteiger partial charge < -0.3 is 28.4 Å². The fraction of sp³-hybridized carbons (Fsp3) is 0.462. The van der Waals surface area contributed by atoms with E-state index >= 15 is 0 Å². The molecule has 0 unspecified atom stereocenters. The molecule has 13 nitrogen and oxygen atoms in total. The average Bonchev–Trinajstić information content (AvgIpc) is 2.94. The molecule has 0 saturated carbocycles. The zero-order chi connectivity index (χ0) is 40.4. The highest BCUT2D eigenvalue weighted by Crippen LogP contribution is 2.70. The third kappa shape index (κ3) is 11.0. The minimum Gasteiger partial charge on any atom is -0.428 e. The number of benzene rings is 3. The second-order valence-corrected chi connectivity index (χ2v) is 18.4. The van der Waals surface area contributed by atoms with Gasteiger partial charge in [-0.2, -0.15) is 0 Å². The van der Waals surface area contributed by atoms with E-state index in [2.05, 4.69) is 0 Å². The summed E-state index contributed by atoms with van der Waals surface area (Å²) in [5.74, 6) is 0.665. The number of aryl methyl sites for hydroxylation is 6. The van der Waals surface area contributed by atoms with Gasteiger partial charge in [-0.25, -0.2) is 18.7 Å². The number of hydrogen-bond acceptors (Lipinski definition) is 12. The quantitative estimate of drug-likeness (QED) is 0.0704. The van der Waals surface area contributed by atoms with Gasteiger partial charge in [-0.15, -0.1) is 10.1 Å². The second kappa shape index (κ2) is 15.6. The van der Waals surface area contributed by atoms with Crippen LogP contribution in [0, 0.1) is 51.7 Å². The van der Waals surface area contributed by atoms with E-state index in [1.165, 1.54) is 0 Å². The Kier molecular flexibility index (Phi) is 12.5. The summed E-state index contributed by atoms with van der Waals surface area (Å²) in [6.07, 6.45) is -2.72. The lowest BCUT2D eigenvalue weighted by molar-refractivity contribution is -0.710. The molecule has 0 fully saturated rings. The van der Waals surface area contributed by atoms with Crippen molar-refractivity contribution >= 4 is 28.8 Å². The molecule has 3 aromatic rings. The third-order valence-electron chi connectivity index (χ3n) is 7.19. The predicted molar refractivity (Wildman–Crippen MR) is 199 cm³/mol. The van der Waals surface area contributed by atoms with Crippen LogP contribution in [0.5, 0.6) is 17.2 Å². The first-order valence-corrected chi connectivity index (χ1v) is 18.4. The first-order chi connectivity index (χ1) is 24.1. The van der Waals surface area contributed by atoms with Crippen molar-refractivity contribution in [2.24, 2.45) is 0 Å². The monoisotopic (exact) mass is 757 g/mol. The summed E-state index contributed by atoms with van der Waals surface area (Å²) in [5, 5.41) is 11.8. The van der Waals surface area contributed by atoms with E-state index < -0.39 is 50.7 Å². The van der Waals surface area contributed by atoms with Crippen LogP contribution in [0.2, 0.25) is 0 Å². The average molecular weight is 758 g/mol. The van der Waals surface area contributed by atoms with E-state index in [4.69, 9.17) is 32.7 Å². The second-order valence-electron chi connectivity index (χ2n) is 15.7. The van der Waals surface area contributed by atoms with Gasteiger partial charge in [-0.1, -0.05) is 0 Å². The van der Waals surface area contributed by atoms with Crippen molar-refractivity contribution in [3.63, 3.8) is 0 Å². The highest BCUT2D eigenvalue weighted by atomic mass is 32.3. The van der Waals surface area contributed by atoms with Crippen LogP contribution in [0.3, 0.4) is 0 Å². The molecule has 53 heavy (non-hydrogen) atoms. The van der Waals surface area contributed by atoms with Crippen LogP contribution >= 0.6 is 10.3 Å². The van der Waals surface area contributed by atoms with Crippen molar-refractivity contribution in [1.29, 1.82) is 0 Å². The van der Waals surface area contributed by atoms with E-state index in [1.807, 2.05) is 0 Å². The number of hydrogen-bond donors (Lipinski definition) is 0. The first-order valence-electron chi connectivity index (χ1n) is 16.9. The molecular weight excluding hydrogens is 706 g/mol. The molecule has 0 radical (unpaired) electrons. The van der Waals surface area contributed by atoms with Gasteiger partial charge in [0.2, 0.25) is 0 Å². The Hall–Kier alpha value is -4.98. The van der Waals surface area contributed by atoms with Gasteiger partial charge in [-0.05, 0) is 184 Å². The Morgan fingerprint density at radius 3 is 0.868 bits per heavy atom. The fourth-order valence-electron chi connectivity index (χ4n) is 5.40. The van der Waals surface area contributed by atoms with Crippen LogP contribution in [0.15, 0.2) is 51.1 Å². The van der Waals surface area contributed by atoms with Crippen LogP contribution < -0.4 is 14.2 Å². The third-order valence-corrected chi connectivity index (χ3v) is 10.2. The van der Waals surface area contributed by atoms with Crippen molar-refractivity contribution in [3.8, 4) is 17.2 Å². The highest BCUT2D eigenvalue weighted by Gasteiger charge is 2.39. The van der Waals surface area contributed by atoms with E-state index in [1.54, 1.807) is 140 Å². The SMILES string of the molecule is Cc1cc(S(O[N+](=O)[O-])(c2cc(C)c(OC(=O)OC(C)(C)C)c(C)c2)c2cc(C)c(OC(=O)OC(C)(C)C)c(C)c2)cc(C)c1OC(=O)OC(C)(C)C. The highest BCUT2D eigenvalue weighted by molar-refractivity contribution is 8.29. The lowest BCUT2D eigenvalue weighted by atomic mass is 10.1. The first kappa shape index (κ1) is 42.4. The van der Waals surface area contributed by atoms with E-state index in [0.29, 0.717) is 48.1 Å². The van der Waals surface area contributed by atoms with Crippen molar-refractivity contribution in [2.45, 2.75) is 135 Å². The van der Waals surface area contributed by atoms with Crippen LogP contribution in [0.4, 0.5) is 14.4 Å². The van der Waals surface area contributed by atoms with Gasteiger partial charge in [0, 0.05) is 14.7 Å². The Morgan fingerprint density at radius 1 is 0.491 bits per heavy atom. The molecule has 0 aliphatic heterocycles. The molecule has 0 aliphatic rings. The summed E-state index contributed by atoms with van der Waals surface area (Å²) in [6, 6.07) is 9.98. The minimum absolute atomic E-state index is 0.222. The van der Waals surface area contributed by atoms with Crippen LogP contribution in [-0.4, -0.2) is 40.4 Å². The lowest BCUT2D eigenvalue weighted by Crippen LogP contribution is -2.26. The molecule has 0 heterocycles. The standard InChI is InChI=1S/C39H51NO12S/c1-22-16-28(17-23(2)31(22)46-34(41)49-37(7,8)9)53(52-40(44)45,29-18-24(3)32(25(4)19-29)47-35(42)50-38(10,11)12)30-20-26(5)33(27(6)21-30)48-36(43)51-39(13,14)15/h16-21H,1-15H3. The molecule has 3 aromatic carbocycles. The Bertz CT molecular complexity index is 1640. The largest absolute Gasteiger partial charge is 0.514 e. The van der Waals surface area contributed by atoms with Gasteiger partial charge in [0.15, 0.2) is 0 Å². The summed E-state index contributed by atoms with van der Waals surface area (Å²) in [7, 11) is -3.30. The summed E-state index contributed by atoms with van der Waals surface area (Å²) in [5.41, 5.74) is 0.457. The number of nitrogens with zero attached hydrogens (tertiary/aromatic N) is 1. The van der Waals surface area contributed by atoms with Crippen LogP contribution in [0.1, 0.15) is 95.7 Å².